The molecule has 1 aromatic carbocycles. The monoisotopic (exact) mass is 383 g/mol. The van der Waals surface area contributed by atoms with E-state index in [1.807, 2.05) is 6.92 Å². The first-order chi connectivity index (χ1) is 13.5. The van der Waals surface area contributed by atoms with E-state index in [1.165, 1.54) is 5.56 Å². The van der Waals surface area contributed by atoms with Crippen LogP contribution in [0.5, 0.6) is 0 Å². The molecule has 1 amide bonds. The number of nitrogens with zero attached hydrogens (tertiary/aromatic N) is 2. The molecule has 28 heavy (non-hydrogen) atoms. The summed E-state index contributed by atoms with van der Waals surface area (Å²) in [7, 11) is 1.68. The van der Waals surface area contributed by atoms with Crippen LogP contribution in [0.2, 0.25) is 0 Å². The molecular weight excluding hydrogens is 354 g/mol. The molecule has 2 aromatic rings. The van der Waals surface area contributed by atoms with Crippen molar-refractivity contribution in [1.82, 2.24) is 10.3 Å². The highest BCUT2D eigenvalue weighted by molar-refractivity contribution is 6.06. The van der Waals surface area contributed by atoms with Crippen LogP contribution in [0.1, 0.15) is 47.7 Å². The fraction of sp³-hybridized carbons (Fsp3) is 0.500. The predicted octanol–water partition coefficient (Wildman–Crippen LogP) is 3.38. The minimum absolute atomic E-state index is 0.0890. The number of hydrogen-bond acceptors (Lipinski definition) is 5. The van der Waals surface area contributed by atoms with Gasteiger partial charge in [-0.15, -0.1) is 0 Å². The van der Waals surface area contributed by atoms with Crippen molar-refractivity contribution >= 4 is 28.5 Å². The first-order valence-corrected chi connectivity index (χ1v) is 9.97. The molecule has 0 atom stereocenters. The molecule has 150 valence electrons. The van der Waals surface area contributed by atoms with Crippen LogP contribution in [0, 0.1) is 19.8 Å². The van der Waals surface area contributed by atoms with E-state index in [0.29, 0.717) is 24.5 Å². The second-order valence-electron chi connectivity index (χ2n) is 7.45. The lowest BCUT2D eigenvalue weighted by atomic mass is 9.92. The second-order valence-corrected chi connectivity index (χ2v) is 7.45. The summed E-state index contributed by atoms with van der Waals surface area (Å²) < 4.78 is 5.29. The summed E-state index contributed by atoms with van der Waals surface area (Å²) in [6.07, 6.45) is 4.05. The number of ether oxygens (including phenoxy) is 1. The fourth-order valence-corrected chi connectivity index (χ4v) is 3.92. The number of amides is 1. The van der Waals surface area contributed by atoms with Crippen LogP contribution in [0.25, 0.3) is 10.9 Å². The number of anilines is 1. The first-order valence-electron chi connectivity index (χ1n) is 9.97. The predicted molar refractivity (Wildman–Crippen MR) is 111 cm³/mol. The molecular formula is C22H29N3O3. The van der Waals surface area contributed by atoms with Gasteiger partial charge in [-0.05, 0) is 50.7 Å². The first kappa shape index (κ1) is 20.1. The maximum absolute atomic E-state index is 12.6. The summed E-state index contributed by atoms with van der Waals surface area (Å²) in [6.45, 7) is 7.88. The zero-order chi connectivity index (χ0) is 20.3. The molecule has 1 fully saturated rings. The van der Waals surface area contributed by atoms with Crippen molar-refractivity contribution in [1.29, 1.82) is 0 Å². The average molecular weight is 383 g/mol. The Kier molecular flexibility index (Phi) is 6.17. The molecule has 1 saturated heterocycles. The van der Waals surface area contributed by atoms with E-state index in [4.69, 9.17) is 4.74 Å². The lowest BCUT2D eigenvalue weighted by Gasteiger charge is -2.35. The minimum Gasteiger partial charge on any atom is -0.462 e. The summed E-state index contributed by atoms with van der Waals surface area (Å²) in [5.41, 5.74) is 4.66. The van der Waals surface area contributed by atoms with E-state index in [1.54, 1.807) is 13.2 Å². The van der Waals surface area contributed by atoms with Gasteiger partial charge >= 0.3 is 5.97 Å². The number of nitrogens with one attached hydrogen (secondary N) is 1. The molecule has 2 heterocycles. The molecule has 0 unspecified atom stereocenters. The molecule has 0 saturated carbocycles. The van der Waals surface area contributed by atoms with Crippen molar-refractivity contribution in [3.05, 3.63) is 35.0 Å². The molecule has 1 aliphatic heterocycles. The maximum atomic E-state index is 12.6. The molecule has 6 nitrogen and oxygen atoms in total. The SMILES string of the molecule is CCOC(=O)c1cnc2c(C)c(C)ccc2c1N1CCC(CC(=O)NC)CC1. The lowest BCUT2D eigenvalue weighted by molar-refractivity contribution is -0.121. The number of piperidine rings is 1. The summed E-state index contributed by atoms with van der Waals surface area (Å²) in [5, 5.41) is 3.69. The molecule has 1 aliphatic rings. The highest BCUT2D eigenvalue weighted by Crippen LogP contribution is 2.35. The lowest BCUT2D eigenvalue weighted by Crippen LogP contribution is -2.36. The average Bonchev–Trinajstić information content (AvgIpc) is 2.70. The number of carbonyl (C=O) groups excluding carboxylic acids is 2. The molecule has 0 spiro atoms. The van der Waals surface area contributed by atoms with Gasteiger partial charge in [0.25, 0.3) is 0 Å². The molecule has 3 rings (SSSR count). The van der Waals surface area contributed by atoms with E-state index in [0.717, 1.165) is 48.1 Å². The third-order valence-corrected chi connectivity index (χ3v) is 5.71. The molecule has 0 aliphatic carbocycles. The standard InChI is InChI=1S/C22H29N3O3/c1-5-28-22(27)18-13-24-20-15(3)14(2)6-7-17(20)21(18)25-10-8-16(9-11-25)12-19(26)23-4/h6-7,13,16H,5,8-12H2,1-4H3,(H,23,26). The number of aromatic nitrogens is 1. The van der Waals surface area contributed by atoms with Crippen molar-refractivity contribution in [3.8, 4) is 0 Å². The molecule has 0 radical (unpaired) electrons. The van der Waals surface area contributed by atoms with Crippen LogP contribution >= 0.6 is 0 Å². The van der Waals surface area contributed by atoms with Gasteiger partial charge in [0.2, 0.25) is 5.91 Å². The van der Waals surface area contributed by atoms with Crippen molar-refractivity contribution in [2.45, 2.75) is 40.0 Å². The van der Waals surface area contributed by atoms with Crippen LogP contribution in [0.15, 0.2) is 18.3 Å². The number of pyridine rings is 1. The summed E-state index contributed by atoms with van der Waals surface area (Å²) in [6, 6.07) is 4.13. The van der Waals surface area contributed by atoms with Crippen molar-refractivity contribution in [3.63, 3.8) is 0 Å². The normalized spacial score (nSPS) is 14.9. The number of fused-ring (bicyclic) bond motifs is 1. The van der Waals surface area contributed by atoms with Crippen molar-refractivity contribution in [2.75, 3.05) is 31.6 Å². The number of aryl methyl sites for hydroxylation is 2. The van der Waals surface area contributed by atoms with E-state index in [-0.39, 0.29) is 11.9 Å². The zero-order valence-electron chi connectivity index (χ0n) is 17.2. The van der Waals surface area contributed by atoms with Gasteiger partial charge in [-0.25, -0.2) is 4.79 Å². The van der Waals surface area contributed by atoms with Gasteiger partial charge in [0.05, 0.1) is 17.8 Å². The van der Waals surface area contributed by atoms with Gasteiger partial charge < -0.3 is 15.0 Å². The Balaban J connectivity index is 1.98. The van der Waals surface area contributed by atoms with Gasteiger partial charge in [-0.2, -0.15) is 0 Å². The van der Waals surface area contributed by atoms with Crippen LogP contribution in [-0.2, 0) is 9.53 Å². The topological polar surface area (TPSA) is 71.5 Å². The van der Waals surface area contributed by atoms with Gasteiger partial charge in [0, 0.05) is 38.1 Å². The minimum atomic E-state index is -0.336. The van der Waals surface area contributed by atoms with Gasteiger partial charge in [-0.3, -0.25) is 9.78 Å². The number of benzene rings is 1. The Morgan fingerprint density at radius 3 is 2.61 bits per heavy atom. The molecule has 1 N–H and O–H groups in total. The van der Waals surface area contributed by atoms with Gasteiger partial charge in [-0.1, -0.05) is 12.1 Å². The Morgan fingerprint density at radius 1 is 1.25 bits per heavy atom. The van der Waals surface area contributed by atoms with Crippen LogP contribution < -0.4 is 10.2 Å². The molecule has 6 heteroatoms. The second kappa shape index (κ2) is 8.59. The quantitative estimate of drug-likeness (QED) is 0.802. The van der Waals surface area contributed by atoms with Gasteiger partial charge in [0.15, 0.2) is 0 Å². The van der Waals surface area contributed by atoms with Crippen molar-refractivity contribution in [2.24, 2.45) is 5.92 Å². The van der Waals surface area contributed by atoms with Crippen molar-refractivity contribution < 1.29 is 14.3 Å². The Hall–Kier alpha value is -2.63. The smallest absolute Gasteiger partial charge is 0.341 e. The summed E-state index contributed by atoms with van der Waals surface area (Å²) in [5.74, 6) is 0.128. The summed E-state index contributed by atoms with van der Waals surface area (Å²) >= 11 is 0. The molecule has 1 aromatic heterocycles. The number of esters is 1. The van der Waals surface area contributed by atoms with E-state index in [2.05, 4.69) is 41.2 Å². The highest BCUT2D eigenvalue weighted by Gasteiger charge is 2.27. The number of hydrogen-bond donors (Lipinski definition) is 1. The Morgan fingerprint density at radius 2 is 1.96 bits per heavy atom. The number of carbonyl (C=O) groups is 2. The Bertz CT molecular complexity index is 886. The Labute approximate surface area is 166 Å². The van der Waals surface area contributed by atoms with E-state index >= 15 is 0 Å². The van der Waals surface area contributed by atoms with E-state index in [9.17, 15) is 9.59 Å². The van der Waals surface area contributed by atoms with Crippen LogP contribution in [-0.4, -0.2) is 43.6 Å². The van der Waals surface area contributed by atoms with Crippen LogP contribution in [0.4, 0.5) is 5.69 Å². The zero-order valence-corrected chi connectivity index (χ0v) is 17.2. The third kappa shape index (κ3) is 3.96. The van der Waals surface area contributed by atoms with E-state index < -0.39 is 0 Å². The summed E-state index contributed by atoms with van der Waals surface area (Å²) in [4.78, 5) is 31.1. The molecule has 0 bridgehead atoms. The van der Waals surface area contributed by atoms with Crippen LogP contribution in [0.3, 0.4) is 0 Å². The highest BCUT2D eigenvalue weighted by atomic mass is 16.5. The largest absolute Gasteiger partial charge is 0.462 e. The number of rotatable bonds is 5. The third-order valence-electron chi connectivity index (χ3n) is 5.71. The fourth-order valence-electron chi connectivity index (χ4n) is 3.92. The maximum Gasteiger partial charge on any atom is 0.341 e. The van der Waals surface area contributed by atoms with Gasteiger partial charge in [0.1, 0.15) is 5.56 Å².